The van der Waals surface area contributed by atoms with Crippen LogP contribution in [0.25, 0.3) is 0 Å². The van der Waals surface area contributed by atoms with E-state index in [2.05, 4.69) is 5.16 Å². The van der Waals surface area contributed by atoms with E-state index in [-0.39, 0.29) is 5.45 Å². The molecule has 0 saturated heterocycles. The minimum atomic E-state index is -4.33. The minimum absolute atomic E-state index is 0.316. The third-order valence-electron chi connectivity index (χ3n) is 3.88. The van der Waals surface area contributed by atoms with Gasteiger partial charge in [-0.1, -0.05) is 53.5 Å². The standard InChI is InChI=1S/C20H23ClNO6P/c1-4-15(3)28-29(24,25)20(16-7-5-14(2)6-8-16)22-27-19(23)13-26-18-11-9-17(21)10-12-18/h5-12,15H,4,13H2,1-3H3,(H,24,25). The largest absolute Gasteiger partial charge is 0.482 e. The van der Waals surface area contributed by atoms with Gasteiger partial charge in [0.15, 0.2) is 12.1 Å². The second-order valence-electron chi connectivity index (χ2n) is 6.33. The molecule has 0 aliphatic rings. The van der Waals surface area contributed by atoms with Crippen LogP contribution < -0.4 is 4.74 Å². The Morgan fingerprint density at radius 2 is 1.79 bits per heavy atom. The Morgan fingerprint density at radius 1 is 1.17 bits per heavy atom. The second kappa shape index (κ2) is 10.6. The van der Waals surface area contributed by atoms with Gasteiger partial charge in [-0.2, -0.15) is 0 Å². The summed E-state index contributed by atoms with van der Waals surface area (Å²) in [6.45, 7) is 4.93. The summed E-state index contributed by atoms with van der Waals surface area (Å²) in [7, 11) is -4.33. The van der Waals surface area contributed by atoms with Crippen LogP contribution in [0.15, 0.2) is 53.7 Å². The summed E-state index contributed by atoms with van der Waals surface area (Å²) >= 11 is 5.79. The zero-order valence-electron chi connectivity index (χ0n) is 16.4. The minimum Gasteiger partial charge on any atom is -0.482 e. The fraction of sp³-hybridized carbons (Fsp3) is 0.300. The molecule has 2 aromatic carbocycles. The molecule has 0 bridgehead atoms. The first kappa shape index (κ1) is 23.1. The average Bonchev–Trinajstić information content (AvgIpc) is 2.68. The third kappa shape index (κ3) is 7.29. The number of halogens is 1. The molecule has 0 radical (unpaired) electrons. The first-order valence-electron chi connectivity index (χ1n) is 8.96. The van der Waals surface area contributed by atoms with E-state index >= 15 is 0 Å². The quantitative estimate of drug-likeness (QED) is 0.257. The van der Waals surface area contributed by atoms with Crippen molar-refractivity contribution in [2.24, 2.45) is 5.16 Å². The van der Waals surface area contributed by atoms with Crippen LogP contribution in [0.1, 0.15) is 31.4 Å². The number of nitrogens with zero attached hydrogens (tertiary/aromatic N) is 1. The third-order valence-corrected chi connectivity index (χ3v) is 5.65. The summed E-state index contributed by atoms with van der Waals surface area (Å²) in [5.41, 5.74) is 0.922. The summed E-state index contributed by atoms with van der Waals surface area (Å²) < 4.78 is 23.3. The normalized spacial score (nSPS) is 14.7. The maximum Gasteiger partial charge on any atom is 0.381 e. The van der Waals surface area contributed by atoms with E-state index in [1.54, 1.807) is 55.5 Å². The molecular formula is C20H23ClNO6P. The lowest BCUT2D eigenvalue weighted by Crippen LogP contribution is -2.16. The molecular weight excluding hydrogens is 417 g/mol. The topological polar surface area (TPSA) is 94.4 Å². The smallest absolute Gasteiger partial charge is 0.381 e. The lowest BCUT2D eigenvalue weighted by molar-refractivity contribution is -0.145. The molecule has 0 heterocycles. The van der Waals surface area contributed by atoms with Crippen LogP contribution >= 0.6 is 19.2 Å². The van der Waals surface area contributed by atoms with Crippen molar-refractivity contribution in [1.82, 2.24) is 0 Å². The van der Waals surface area contributed by atoms with Crippen LogP contribution in [0.3, 0.4) is 0 Å². The Labute approximate surface area is 174 Å². The molecule has 0 saturated carbocycles. The van der Waals surface area contributed by atoms with Crippen molar-refractivity contribution in [2.45, 2.75) is 33.3 Å². The summed E-state index contributed by atoms with van der Waals surface area (Å²) in [4.78, 5) is 27.2. The van der Waals surface area contributed by atoms with Crippen LogP contribution in [0.2, 0.25) is 5.02 Å². The van der Waals surface area contributed by atoms with E-state index in [0.29, 0.717) is 22.8 Å². The van der Waals surface area contributed by atoms with Gasteiger partial charge in [0, 0.05) is 10.6 Å². The number of benzene rings is 2. The number of carbonyl (C=O) groups excluding carboxylic acids is 1. The zero-order valence-corrected chi connectivity index (χ0v) is 18.0. The molecule has 0 amide bonds. The summed E-state index contributed by atoms with van der Waals surface area (Å²) in [5.74, 6) is -0.421. The van der Waals surface area contributed by atoms with Gasteiger partial charge in [0.1, 0.15) is 5.75 Å². The van der Waals surface area contributed by atoms with Crippen molar-refractivity contribution in [1.29, 1.82) is 0 Å². The molecule has 0 fully saturated rings. The Morgan fingerprint density at radius 3 is 2.38 bits per heavy atom. The molecule has 7 nitrogen and oxygen atoms in total. The summed E-state index contributed by atoms with van der Waals surface area (Å²) in [6, 6.07) is 13.1. The highest BCUT2D eigenvalue weighted by molar-refractivity contribution is 7.72. The molecule has 0 aromatic heterocycles. The molecule has 2 aromatic rings. The summed E-state index contributed by atoms with van der Waals surface area (Å²) in [6.07, 6.45) is 0.0471. The highest BCUT2D eigenvalue weighted by Crippen LogP contribution is 2.48. The van der Waals surface area contributed by atoms with E-state index in [0.717, 1.165) is 5.56 Å². The highest BCUT2D eigenvalue weighted by Gasteiger charge is 2.32. The molecule has 9 heteroatoms. The molecule has 0 aliphatic carbocycles. The number of rotatable bonds is 9. The molecule has 2 unspecified atom stereocenters. The van der Waals surface area contributed by atoms with Crippen molar-refractivity contribution >= 4 is 30.6 Å². The van der Waals surface area contributed by atoms with Gasteiger partial charge in [0.2, 0.25) is 0 Å². The molecule has 0 spiro atoms. The van der Waals surface area contributed by atoms with Gasteiger partial charge in [-0.15, -0.1) is 0 Å². The maximum absolute atomic E-state index is 12.8. The molecule has 2 rings (SSSR count). The molecule has 29 heavy (non-hydrogen) atoms. The van der Waals surface area contributed by atoms with Gasteiger partial charge in [0.25, 0.3) is 0 Å². The van der Waals surface area contributed by atoms with Gasteiger partial charge >= 0.3 is 13.6 Å². The first-order chi connectivity index (χ1) is 13.7. The number of hydrogen-bond donors (Lipinski definition) is 1. The van der Waals surface area contributed by atoms with Crippen molar-refractivity contribution < 1.29 is 28.4 Å². The first-order valence-corrected chi connectivity index (χ1v) is 10.9. The molecule has 156 valence electrons. The Kier molecular flexibility index (Phi) is 8.41. The predicted octanol–water partition coefficient (Wildman–Crippen LogP) is 4.93. The van der Waals surface area contributed by atoms with Crippen LogP contribution in [-0.2, 0) is 18.7 Å². The average molecular weight is 440 g/mol. The lowest BCUT2D eigenvalue weighted by Gasteiger charge is -2.18. The second-order valence-corrected chi connectivity index (χ2v) is 8.44. The molecule has 1 N–H and O–H groups in total. The fourth-order valence-electron chi connectivity index (χ4n) is 2.13. The lowest BCUT2D eigenvalue weighted by atomic mass is 10.2. The van der Waals surface area contributed by atoms with Crippen LogP contribution in [0, 0.1) is 6.92 Å². The SMILES string of the molecule is CCC(C)OP(=O)(O)C(=NOC(=O)COc1ccc(Cl)cc1)c1ccc(C)cc1. The maximum atomic E-state index is 12.8. The molecule has 2 atom stereocenters. The number of hydrogen-bond acceptors (Lipinski definition) is 6. The van der Waals surface area contributed by atoms with E-state index in [4.69, 9.17) is 25.7 Å². The number of aryl methyl sites for hydroxylation is 1. The highest BCUT2D eigenvalue weighted by atomic mass is 35.5. The Hall–Kier alpha value is -2.18. The van der Waals surface area contributed by atoms with Gasteiger partial charge in [-0.25, -0.2) is 4.79 Å². The predicted molar refractivity (Wildman–Crippen MR) is 111 cm³/mol. The fourth-order valence-corrected chi connectivity index (χ4v) is 3.61. The van der Waals surface area contributed by atoms with Crippen LogP contribution in [-0.4, -0.2) is 29.0 Å². The van der Waals surface area contributed by atoms with Crippen molar-refractivity contribution in [2.75, 3.05) is 6.61 Å². The Balaban J connectivity index is 2.15. The van der Waals surface area contributed by atoms with Gasteiger partial charge in [-0.05, 0) is 44.5 Å². The van der Waals surface area contributed by atoms with Gasteiger partial charge in [0.05, 0.1) is 6.10 Å². The van der Waals surface area contributed by atoms with E-state index in [1.807, 2.05) is 13.8 Å². The monoisotopic (exact) mass is 439 g/mol. The number of oxime groups is 1. The van der Waals surface area contributed by atoms with Crippen molar-refractivity contribution in [3.63, 3.8) is 0 Å². The van der Waals surface area contributed by atoms with Crippen LogP contribution in [0.4, 0.5) is 0 Å². The zero-order chi connectivity index (χ0) is 21.4. The van der Waals surface area contributed by atoms with E-state index < -0.39 is 26.3 Å². The van der Waals surface area contributed by atoms with Gasteiger partial charge < -0.3 is 19.0 Å². The van der Waals surface area contributed by atoms with Crippen molar-refractivity contribution in [3.8, 4) is 5.75 Å². The molecule has 0 aliphatic heterocycles. The van der Waals surface area contributed by atoms with Crippen LogP contribution in [0.5, 0.6) is 5.75 Å². The summed E-state index contributed by atoms with van der Waals surface area (Å²) in [5, 5.41) is 4.17. The Bertz CT molecular complexity index is 898. The van der Waals surface area contributed by atoms with E-state index in [1.165, 1.54) is 0 Å². The van der Waals surface area contributed by atoms with Crippen molar-refractivity contribution in [3.05, 3.63) is 64.7 Å². The number of carbonyl (C=O) groups is 1. The van der Waals surface area contributed by atoms with Gasteiger partial charge in [-0.3, -0.25) is 4.57 Å². The number of ether oxygens (including phenoxy) is 1. The van der Waals surface area contributed by atoms with E-state index in [9.17, 15) is 14.3 Å².